The van der Waals surface area contributed by atoms with Crippen LogP contribution in [-0.4, -0.2) is 35.1 Å². The van der Waals surface area contributed by atoms with Gasteiger partial charge in [0, 0.05) is 43.3 Å². The van der Waals surface area contributed by atoms with Crippen LogP contribution in [-0.2, 0) is 6.54 Å². The zero-order chi connectivity index (χ0) is 11.3. The van der Waals surface area contributed by atoms with Crippen molar-refractivity contribution in [2.45, 2.75) is 19.5 Å². The molecule has 0 radical (unpaired) electrons. The number of hydrogen-bond acceptors (Lipinski definition) is 5. The Kier molecular flexibility index (Phi) is 4.84. The molecule has 0 aliphatic rings. The number of nitrogens with two attached hydrogens (primary N) is 1. The summed E-state index contributed by atoms with van der Waals surface area (Å²) >= 11 is 1.82. The molecule has 1 heterocycles. The molecule has 15 heavy (non-hydrogen) atoms. The minimum absolute atomic E-state index is 0.434. The molecule has 1 rings (SSSR count). The van der Waals surface area contributed by atoms with Gasteiger partial charge in [-0.1, -0.05) is 0 Å². The Bertz CT molecular complexity index is 288. The highest BCUT2D eigenvalue weighted by molar-refractivity contribution is 7.98. The summed E-state index contributed by atoms with van der Waals surface area (Å²) in [5, 5.41) is 0. The van der Waals surface area contributed by atoms with Crippen molar-refractivity contribution in [3.63, 3.8) is 0 Å². The summed E-state index contributed by atoms with van der Waals surface area (Å²) in [4.78, 5) is 10.6. The SMILES string of the molecule is CSCC(C)N(C)c1ncc(CN)cn1. The third-order valence-electron chi connectivity index (χ3n) is 2.31. The average Bonchev–Trinajstić information content (AvgIpc) is 2.28. The molecule has 0 amide bonds. The molecule has 1 aromatic heterocycles. The van der Waals surface area contributed by atoms with Gasteiger partial charge in [-0.05, 0) is 13.2 Å². The normalized spacial score (nSPS) is 12.5. The number of thioether (sulfide) groups is 1. The lowest BCUT2D eigenvalue weighted by Crippen LogP contribution is -2.32. The van der Waals surface area contributed by atoms with E-state index in [0.29, 0.717) is 12.6 Å². The second kappa shape index (κ2) is 5.92. The summed E-state index contributed by atoms with van der Waals surface area (Å²) in [5.41, 5.74) is 6.45. The lowest BCUT2D eigenvalue weighted by molar-refractivity contribution is 0.736. The lowest BCUT2D eigenvalue weighted by atomic mass is 10.3. The van der Waals surface area contributed by atoms with E-state index >= 15 is 0 Å². The molecular formula is C10H18N4S. The summed E-state index contributed by atoms with van der Waals surface area (Å²) in [5.74, 6) is 1.83. The first-order valence-corrected chi connectivity index (χ1v) is 6.31. The van der Waals surface area contributed by atoms with Crippen molar-refractivity contribution in [3.05, 3.63) is 18.0 Å². The smallest absolute Gasteiger partial charge is 0.225 e. The predicted octanol–water partition coefficient (Wildman–Crippen LogP) is 1.12. The number of nitrogens with zero attached hydrogens (tertiary/aromatic N) is 3. The number of rotatable bonds is 5. The van der Waals surface area contributed by atoms with Crippen LogP contribution in [0.5, 0.6) is 0 Å². The topological polar surface area (TPSA) is 55.0 Å². The second-order valence-corrected chi connectivity index (χ2v) is 4.42. The Morgan fingerprint density at radius 1 is 1.47 bits per heavy atom. The van der Waals surface area contributed by atoms with Gasteiger partial charge >= 0.3 is 0 Å². The first-order valence-electron chi connectivity index (χ1n) is 4.91. The van der Waals surface area contributed by atoms with E-state index in [9.17, 15) is 0 Å². The first-order chi connectivity index (χ1) is 7.19. The molecule has 0 aliphatic carbocycles. The van der Waals surface area contributed by atoms with Crippen LogP contribution in [0.15, 0.2) is 12.4 Å². The molecule has 2 N–H and O–H groups in total. The van der Waals surface area contributed by atoms with Crippen molar-refractivity contribution >= 4 is 17.7 Å². The van der Waals surface area contributed by atoms with Crippen LogP contribution >= 0.6 is 11.8 Å². The van der Waals surface area contributed by atoms with E-state index in [4.69, 9.17) is 5.73 Å². The van der Waals surface area contributed by atoms with E-state index in [1.807, 2.05) is 18.8 Å². The third-order valence-corrected chi connectivity index (χ3v) is 3.13. The molecule has 0 aliphatic heterocycles. The van der Waals surface area contributed by atoms with E-state index in [-0.39, 0.29) is 0 Å². The molecule has 0 saturated carbocycles. The molecule has 1 aromatic rings. The van der Waals surface area contributed by atoms with Gasteiger partial charge in [-0.25, -0.2) is 9.97 Å². The summed E-state index contributed by atoms with van der Waals surface area (Å²) in [6.45, 7) is 2.65. The Labute approximate surface area is 95.3 Å². The largest absolute Gasteiger partial charge is 0.340 e. The molecule has 0 aromatic carbocycles. The fourth-order valence-electron chi connectivity index (χ4n) is 1.19. The monoisotopic (exact) mass is 226 g/mol. The maximum absolute atomic E-state index is 5.49. The van der Waals surface area contributed by atoms with E-state index in [1.165, 1.54) is 0 Å². The molecule has 4 nitrogen and oxygen atoms in total. The van der Waals surface area contributed by atoms with Crippen LogP contribution in [0.3, 0.4) is 0 Å². The molecule has 1 unspecified atom stereocenters. The summed E-state index contributed by atoms with van der Waals surface area (Å²) in [6.07, 6.45) is 5.66. The van der Waals surface area contributed by atoms with Crippen molar-refractivity contribution in [2.24, 2.45) is 5.73 Å². The van der Waals surface area contributed by atoms with Crippen LogP contribution in [0.25, 0.3) is 0 Å². The standard InChI is InChI=1S/C10H18N4S/c1-8(7-15-3)14(2)10-12-5-9(4-11)6-13-10/h5-6,8H,4,7,11H2,1-3H3. The number of hydrogen-bond donors (Lipinski definition) is 1. The van der Waals surface area contributed by atoms with Gasteiger partial charge in [0.1, 0.15) is 0 Å². The van der Waals surface area contributed by atoms with Gasteiger partial charge in [0.15, 0.2) is 0 Å². The Morgan fingerprint density at radius 3 is 2.53 bits per heavy atom. The molecule has 1 atom stereocenters. The van der Waals surface area contributed by atoms with Crippen molar-refractivity contribution in [3.8, 4) is 0 Å². The van der Waals surface area contributed by atoms with E-state index < -0.39 is 0 Å². The third kappa shape index (κ3) is 3.35. The fourth-order valence-corrected chi connectivity index (χ4v) is 1.89. The molecule has 5 heteroatoms. The van der Waals surface area contributed by atoms with E-state index in [0.717, 1.165) is 17.3 Å². The van der Waals surface area contributed by atoms with Crippen LogP contribution in [0, 0.1) is 0 Å². The molecule has 84 valence electrons. The van der Waals surface area contributed by atoms with Crippen LogP contribution in [0.2, 0.25) is 0 Å². The van der Waals surface area contributed by atoms with Crippen molar-refractivity contribution in [2.75, 3.05) is 24.0 Å². The highest BCUT2D eigenvalue weighted by Crippen LogP contribution is 2.11. The highest BCUT2D eigenvalue weighted by Gasteiger charge is 2.11. The zero-order valence-corrected chi connectivity index (χ0v) is 10.3. The van der Waals surface area contributed by atoms with E-state index in [2.05, 4.69) is 28.0 Å². The zero-order valence-electron chi connectivity index (χ0n) is 9.47. The van der Waals surface area contributed by atoms with Crippen molar-refractivity contribution < 1.29 is 0 Å². The predicted molar refractivity (Wildman–Crippen MR) is 66.2 cm³/mol. The van der Waals surface area contributed by atoms with Gasteiger partial charge < -0.3 is 10.6 Å². The van der Waals surface area contributed by atoms with E-state index in [1.54, 1.807) is 12.4 Å². The minimum Gasteiger partial charge on any atom is -0.340 e. The number of aromatic nitrogens is 2. The van der Waals surface area contributed by atoms with Gasteiger partial charge in [0.25, 0.3) is 0 Å². The molecule has 0 fully saturated rings. The van der Waals surface area contributed by atoms with Gasteiger partial charge in [0.05, 0.1) is 0 Å². The van der Waals surface area contributed by atoms with Crippen LogP contribution in [0.1, 0.15) is 12.5 Å². The Hall–Kier alpha value is -0.810. The number of anilines is 1. The molecule has 0 spiro atoms. The van der Waals surface area contributed by atoms with Gasteiger partial charge in [-0.2, -0.15) is 11.8 Å². The van der Waals surface area contributed by atoms with Crippen molar-refractivity contribution in [1.82, 2.24) is 9.97 Å². The van der Waals surface area contributed by atoms with Crippen LogP contribution < -0.4 is 10.6 Å². The fraction of sp³-hybridized carbons (Fsp3) is 0.600. The Balaban J connectivity index is 2.69. The van der Waals surface area contributed by atoms with Gasteiger partial charge in [-0.15, -0.1) is 0 Å². The second-order valence-electron chi connectivity index (χ2n) is 3.51. The maximum atomic E-state index is 5.49. The first kappa shape index (κ1) is 12.3. The molecular weight excluding hydrogens is 208 g/mol. The maximum Gasteiger partial charge on any atom is 0.225 e. The summed E-state index contributed by atoms with van der Waals surface area (Å²) in [6, 6.07) is 0.434. The average molecular weight is 226 g/mol. The lowest BCUT2D eigenvalue weighted by Gasteiger charge is -2.24. The molecule has 0 saturated heterocycles. The minimum atomic E-state index is 0.434. The van der Waals surface area contributed by atoms with Crippen LogP contribution in [0.4, 0.5) is 5.95 Å². The van der Waals surface area contributed by atoms with Crippen molar-refractivity contribution in [1.29, 1.82) is 0 Å². The molecule has 0 bridgehead atoms. The Morgan fingerprint density at radius 2 is 2.07 bits per heavy atom. The quantitative estimate of drug-likeness (QED) is 0.815. The summed E-state index contributed by atoms with van der Waals surface area (Å²) in [7, 11) is 2.01. The highest BCUT2D eigenvalue weighted by atomic mass is 32.2. The van der Waals surface area contributed by atoms with Gasteiger partial charge in [-0.3, -0.25) is 0 Å². The van der Waals surface area contributed by atoms with Gasteiger partial charge in [0.2, 0.25) is 5.95 Å². The summed E-state index contributed by atoms with van der Waals surface area (Å²) < 4.78 is 0.